The van der Waals surface area contributed by atoms with E-state index in [1.807, 2.05) is 23.3 Å². The van der Waals surface area contributed by atoms with Gasteiger partial charge < -0.3 is 19.4 Å². The normalized spacial score (nSPS) is 16.4. The van der Waals surface area contributed by atoms with E-state index in [1.165, 1.54) is 11.1 Å². The van der Waals surface area contributed by atoms with Crippen LogP contribution in [0.25, 0.3) is 0 Å². The standard InChI is InChI=1S/C31H26F3N7O3/c32-31(33,34)28-25(17-37-38-29(28)42)41-18-22-3-1-2-4-24(22)26(41)19-44-23-8-6-21(7-9-23)30(43)40-13-11-39(12-14-40)27-10-5-20(15-35)16-36-27/h1-10,16-17,26H,11-14,18-19H2,(H,38,42)/t26-/m0/s1. The minimum absolute atomic E-state index is 0.000254. The van der Waals surface area contributed by atoms with Gasteiger partial charge in [-0.25, -0.2) is 10.1 Å². The van der Waals surface area contributed by atoms with E-state index in [-0.39, 0.29) is 24.7 Å². The lowest BCUT2D eigenvalue weighted by Crippen LogP contribution is -2.49. The van der Waals surface area contributed by atoms with Gasteiger partial charge in [0.25, 0.3) is 11.5 Å². The van der Waals surface area contributed by atoms with Gasteiger partial charge in [0.2, 0.25) is 0 Å². The molecule has 1 fully saturated rings. The molecule has 0 saturated carbocycles. The molecule has 1 amide bonds. The molecule has 2 aromatic carbocycles. The number of amides is 1. The van der Waals surface area contributed by atoms with E-state index in [4.69, 9.17) is 10.00 Å². The summed E-state index contributed by atoms with van der Waals surface area (Å²) in [6, 6.07) is 18.9. The molecule has 0 aliphatic carbocycles. The lowest BCUT2D eigenvalue weighted by atomic mass is 10.1. The second-order valence-corrected chi connectivity index (χ2v) is 10.4. The summed E-state index contributed by atoms with van der Waals surface area (Å²) in [5.41, 5.74) is -0.336. The van der Waals surface area contributed by atoms with Crippen molar-refractivity contribution in [1.82, 2.24) is 20.1 Å². The van der Waals surface area contributed by atoms with E-state index < -0.39 is 23.3 Å². The maximum Gasteiger partial charge on any atom is 0.423 e. The molecule has 1 atom stereocenters. The molecule has 4 heterocycles. The molecule has 10 nitrogen and oxygen atoms in total. The number of fused-ring (bicyclic) bond motifs is 1. The number of carbonyl (C=O) groups is 1. The van der Waals surface area contributed by atoms with Crippen LogP contribution in [0.2, 0.25) is 0 Å². The van der Waals surface area contributed by atoms with Crippen molar-refractivity contribution >= 4 is 17.4 Å². The molecule has 0 unspecified atom stereocenters. The number of nitrogens with zero attached hydrogens (tertiary/aromatic N) is 6. The van der Waals surface area contributed by atoms with Crippen LogP contribution in [-0.2, 0) is 12.7 Å². The molecule has 224 valence electrons. The molecule has 0 bridgehead atoms. The van der Waals surface area contributed by atoms with Crippen molar-refractivity contribution in [2.75, 3.05) is 42.6 Å². The molecule has 2 aliphatic rings. The molecule has 13 heteroatoms. The van der Waals surface area contributed by atoms with Crippen LogP contribution in [0.15, 0.2) is 77.9 Å². The number of benzene rings is 2. The highest BCUT2D eigenvalue weighted by molar-refractivity contribution is 5.94. The number of hydrogen-bond acceptors (Lipinski definition) is 8. The van der Waals surface area contributed by atoms with Crippen molar-refractivity contribution < 1.29 is 22.7 Å². The maximum atomic E-state index is 13.9. The van der Waals surface area contributed by atoms with Crippen LogP contribution < -0.4 is 20.1 Å². The van der Waals surface area contributed by atoms with Crippen LogP contribution in [0.5, 0.6) is 5.75 Å². The average Bonchev–Trinajstić information content (AvgIpc) is 3.41. The first-order chi connectivity index (χ1) is 21.2. The Hall–Kier alpha value is -5.38. The van der Waals surface area contributed by atoms with Gasteiger partial charge in [-0.05, 0) is 47.5 Å². The predicted molar refractivity (Wildman–Crippen MR) is 154 cm³/mol. The van der Waals surface area contributed by atoms with Crippen LogP contribution in [0, 0.1) is 11.3 Å². The van der Waals surface area contributed by atoms with Gasteiger partial charge in [-0.3, -0.25) is 9.59 Å². The third kappa shape index (κ3) is 5.66. The van der Waals surface area contributed by atoms with Crippen LogP contribution in [0.1, 0.15) is 38.7 Å². The smallest absolute Gasteiger partial charge is 0.423 e. The Bertz CT molecular complexity index is 1760. The molecule has 0 spiro atoms. The summed E-state index contributed by atoms with van der Waals surface area (Å²) in [6.45, 7) is 2.37. The largest absolute Gasteiger partial charge is 0.491 e. The summed E-state index contributed by atoms with van der Waals surface area (Å²) in [6.07, 6.45) is -2.33. The number of ether oxygens (including phenoxy) is 1. The summed E-state index contributed by atoms with van der Waals surface area (Å²) in [4.78, 5) is 35.0. The van der Waals surface area contributed by atoms with Crippen molar-refractivity contribution in [3.05, 3.63) is 111 Å². The molecule has 4 aromatic rings. The Kier molecular flexibility index (Phi) is 7.65. The zero-order chi connectivity index (χ0) is 30.8. The number of piperazine rings is 1. The summed E-state index contributed by atoms with van der Waals surface area (Å²) in [5, 5.41) is 14.5. The zero-order valence-corrected chi connectivity index (χ0v) is 23.3. The topological polar surface area (TPSA) is 118 Å². The SMILES string of the molecule is N#Cc1ccc(N2CCN(C(=O)c3ccc(OC[C@H]4c5ccccc5CN4c4cn[nH]c(=O)c4C(F)(F)F)cc3)CC2)nc1. The van der Waals surface area contributed by atoms with Crippen molar-refractivity contribution in [2.45, 2.75) is 18.8 Å². The van der Waals surface area contributed by atoms with Gasteiger partial charge in [0, 0.05) is 44.5 Å². The number of halogens is 3. The number of pyridine rings is 1. The molecule has 1 N–H and O–H groups in total. The van der Waals surface area contributed by atoms with E-state index >= 15 is 0 Å². The van der Waals surface area contributed by atoms with Gasteiger partial charge in [0.1, 0.15) is 29.8 Å². The maximum absolute atomic E-state index is 13.9. The Morgan fingerprint density at radius 1 is 1.02 bits per heavy atom. The van der Waals surface area contributed by atoms with E-state index in [1.54, 1.807) is 53.4 Å². The summed E-state index contributed by atoms with van der Waals surface area (Å²) < 4.78 is 47.7. The fourth-order valence-electron chi connectivity index (χ4n) is 5.61. The number of aromatic amines is 1. The van der Waals surface area contributed by atoms with Crippen LogP contribution in [0.4, 0.5) is 24.7 Å². The third-order valence-electron chi connectivity index (χ3n) is 7.84. The number of nitriles is 1. The van der Waals surface area contributed by atoms with Gasteiger partial charge in [0.05, 0.1) is 23.5 Å². The summed E-state index contributed by atoms with van der Waals surface area (Å²) in [7, 11) is 0. The summed E-state index contributed by atoms with van der Waals surface area (Å²) >= 11 is 0. The zero-order valence-electron chi connectivity index (χ0n) is 23.3. The van der Waals surface area contributed by atoms with Crippen LogP contribution in [-0.4, -0.2) is 58.8 Å². The van der Waals surface area contributed by atoms with E-state index in [9.17, 15) is 22.8 Å². The molecule has 44 heavy (non-hydrogen) atoms. The van der Waals surface area contributed by atoms with Crippen molar-refractivity contribution in [2.24, 2.45) is 0 Å². The van der Waals surface area contributed by atoms with E-state index in [0.717, 1.165) is 23.1 Å². The lowest BCUT2D eigenvalue weighted by Gasteiger charge is -2.35. The summed E-state index contributed by atoms with van der Waals surface area (Å²) in [5.74, 6) is 1.08. The number of H-pyrrole nitrogens is 1. The Morgan fingerprint density at radius 2 is 1.77 bits per heavy atom. The Balaban J connectivity index is 1.12. The van der Waals surface area contributed by atoms with Gasteiger partial charge >= 0.3 is 6.18 Å². The number of carbonyl (C=O) groups excluding carboxylic acids is 1. The molecule has 2 aliphatic heterocycles. The van der Waals surface area contributed by atoms with Gasteiger partial charge in [-0.2, -0.15) is 23.5 Å². The number of hydrogen-bond donors (Lipinski definition) is 1. The number of rotatable bonds is 6. The van der Waals surface area contributed by atoms with Crippen LogP contribution >= 0.6 is 0 Å². The van der Waals surface area contributed by atoms with Crippen LogP contribution in [0.3, 0.4) is 0 Å². The first-order valence-electron chi connectivity index (χ1n) is 13.9. The number of nitrogens with one attached hydrogen (secondary N) is 1. The Labute approximate surface area is 249 Å². The second kappa shape index (κ2) is 11.7. The van der Waals surface area contributed by atoms with Gasteiger partial charge in [-0.15, -0.1) is 0 Å². The fourth-order valence-corrected chi connectivity index (χ4v) is 5.61. The minimum Gasteiger partial charge on any atom is -0.491 e. The molecule has 6 rings (SSSR count). The number of anilines is 2. The second-order valence-electron chi connectivity index (χ2n) is 10.4. The van der Waals surface area contributed by atoms with Gasteiger partial charge in [-0.1, -0.05) is 24.3 Å². The molecule has 0 radical (unpaired) electrons. The molecule has 2 aromatic heterocycles. The lowest BCUT2D eigenvalue weighted by molar-refractivity contribution is -0.138. The van der Waals surface area contributed by atoms with E-state index in [0.29, 0.717) is 43.1 Å². The van der Waals surface area contributed by atoms with Crippen molar-refractivity contribution in [3.63, 3.8) is 0 Å². The first kappa shape index (κ1) is 28.7. The monoisotopic (exact) mass is 601 g/mol. The van der Waals surface area contributed by atoms with Crippen molar-refractivity contribution in [1.29, 1.82) is 5.26 Å². The quantitative estimate of drug-likeness (QED) is 0.350. The first-order valence-corrected chi connectivity index (χ1v) is 13.9. The third-order valence-corrected chi connectivity index (χ3v) is 7.84. The Morgan fingerprint density at radius 3 is 2.45 bits per heavy atom. The fraction of sp³-hybridized carbons (Fsp3) is 0.258. The highest BCUT2D eigenvalue weighted by Gasteiger charge is 2.42. The number of alkyl halides is 3. The van der Waals surface area contributed by atoms with Gasteiger partial charge in [0.15, 0.2) is 0 Å². The number of aromatic nitrogens is 3. The highest BCUT2D eigenvalue weighted by atomic mass is 19.4. The minimum atomic E-state index is -4.87. The average molecular weight is 602 g/mol. The highest BCUT2D eigenvalue weighted by Crippen LogP contribution is 2.42. The predicted octanol–water partition coefficient (Wildman–Crippen LogP) is 4.16. The molecular weight excluding hydrogens is 575 g/mol. The molecular formula is C31H26F3N7O3. The molecule has 1 saturated heterocycles. The van der Waals surface area contributed by atoms with Crippen molar-refractivity contribution in [3.8, 4) is 11.8 Å². The van der Waals surface area contributed by atoms with E-state index in [2.05, 4.69) is 15.0 Å².